The molecule has 0 spiro atoms. The number of rotatable bonds is 4. The Morgan fingerprint density at radius 1 is 1.05 bits per heavy atom. The zero-order valence-corrected chi connectivity index (χ0v) is 11.9. The molecule has 0 bridgehead atoms. The van der Waals surface area contributed by atoms with Crippen LogP contribution in [0, 0.1) is 6.92 Å². The first-order valence-electron chi connectivity index (χ1n) is 6.70. The van der Waals surface area contributed by atoms with Crippen molar-refractivity contribution < 1.29 is 0 Å². The summed E-state index contributed by atoms with van der Waals surface area (Å²) in [6.07, 6.45) is 0. The molecule has 1 heteroatoms. The van der Waals surface area contributed by atoms with Crippen LogP contribution in [0.1, 0.15) is 36.5 Å². The molecular formula is C18H21N. The largest absolute Gasteiger partial charge is 0.356 e. The molecule has 19 heavy (non-hydrogen) atoms. The molecule has 98 valence electrons. The third-order valence-electron chi connectivity index (χ3n) is 3.31. The summed E-state index contributed by atoms with van der Waals surface area (Å²) in [5.74, 6) is 0.561. The second-order valence-electron chi connectivity index (χ2n) is 5.20. The van der Waals surface area contributed by atoms with Crippen molar-refractivity contribution in [2.24, 2.45) is 0 Å². The minimum Gasteiger partial charge on any atom is -0.356 e. The predicted octanol–water partition coefficient (Wildman–Crippen LogP) is 5.20. The van der Waals surface area contributed by atoms with E-state index >= 15 is 0 Å². The van der Waals surface area contributed by atoms with Crippen molar-refractivity contribution in [1.82, 2.24) is 0 Å². The lowest BCUT2D eigenvalue weighted by Crippen LogP contribution is -1.99. The van der Waals surface area contributed by atoms with Gasteiger partial charge in [-0.25, -0.2) is 0 Å². The number of anilines is 1. The fourth-order valence-electron chi connectivity index (χ4n) is 2.29. The zero-order valence-electron chi connectivity index (χ0n) is 11.9. The van der Waals surface area contributed by atoms with E-state index in [1.54, 1.807) is 0 Å². The van der Waals surface area contributed by atoms with E-state index in [2.05, 4.69) is 63.0 Å². The van der Waals surface area contributed by atoms with Crippen LogP contribution in [-0.4, -0.2) is 0 Å². The molecule has 0 unspecified atom stereocenters. The molecular weight excluding hydrogens is 230 g/mol. The van der Waals surface area contributed by atoms with Gasteiger partial charge in [-0.3, -0.25) is 0 Å². The maximum absolute atomic E-state index is 4.10. The van der Waals surface area contributed by atoms with E-state index in [0.717, 1.165) is 16.9 Å². The summed E-state index contributed by atoms with van der Waals surface area (Å²) in [5, 5.41) is 3.37. The Kier molecular flexibility index (Phi) is 4.06. The Morgan fingerprint density at radius 3 is 2.32 bits per heavy atom. The van der Waals surface area contributed by atoms with Crippen molar-refractivity contribution in [2.75, 3.05) is 5.32 Å². The molecule has 0 radical (unpaired) electrons. The Labute approximate surface area is 116 Å². The Bertz CT molecular complexity index is 567. The fraction of sp³-hybridized carbons (Fsp3) is 0.222. The van der Waals surface area contributed by atoms with E-state index in [1.807, 2.05) is 18.2 Å². The lowest BCUT2D eigenvalue weighted by Gasteiger charge is -2.14. The first-order chi connectivity index (χ1) is 9.08. The van der Waals surface area contributed by atoms with Gasteiger partial charge < -0.3 is 5.32 Å². The van der Waals surface area contributed by atoms with Crippen LogP contribution in [0.3, 0.4) is 0 Å². The average Bonchev–Trinajstić information content (AvgIpc) is 2.39. The van der Waals surface area contributed by atoms with Gasteiger partial charge in [-0.05, 0) is 41.7 Å². The summed E-state index contributed by atoms with van der Waals surface area (Å²) in [7, 11) is 0. The van der Waals surface area contributed by atoms with Crippen molar-refractivity contribution >= 4 is 11.4 Å². The van der Waals surface area contributed by atoms with Gasteiger partial charge in [-0.15, -0.1) is 0 Å². The van der Waals surface area contributed by atoms with Crippen LogP contribution >= 0.6 is 0 Å². The van der Waals surface area contributed by atoms with Gasteiger partial charge in [0.05, 0.1) is 0 Å². The van der Waals surface area contributed by atoms with Gasteiger partial charge in [-0.2, -0.15) is 0 Å². The van der Waals surface area contributed by atoms with E-state index in [0.29, 0.717) is 5.92 Å². The first-order valence-corrected chi connectivity index (χ1v) is 6.70. The summed E-state index contributed by atoms with van der Waals surface area (Å²) < 4.78 is 0. The molecule has 0 aliphatic rings. The SMILES string of the molecule is C=C(Nc1ccc(C(C)C)c(C)c1)c1ccccc1. The number of hydrogen-bond acceptors (Lipinski definition) is 1. The van der Waals surface area contributed by atoms with Crippen LogP contribution in [0.15, 0.2) is 55.1 Å². The maximum Gasteiger partial charge on any atom is 0.0387 e. The highest BCUT2D eigenvalue weighted by molar-refractivity contribution is 5.75. The molecule has 0 aromatic heterocycles. The number of benzene rings is 2. The molecule has 0 fully saturated rings. The molecule has 0 aliphatic carbocycles. The minimum atomic E-state index is 0.561. The van der Waals surface area contributed by atoms with Gasteiger partial charge in [0.25, 0.3) is 0 Å². The monoisotopic (exact) mass is 251 g/mol. The van der Waals surface area contributed by atoms with E-state index < -0.39 is 0 Å². The van der Waals surface area contributed by atoms with Gasteiger partial charge in [0, 0.05) is 11.4 Å². The van der Waals surface area contributed by atoms with Gasteiger partial charge in [0.15, 0.2) is 0 Å². The second-order valence-corrected chi connectivity index (χ2v) is 5.20. The maximum atomic E-state index is 4.10. The molecule has 0 heterocycles. The normalized spacial score (nSPS) is 10.5. The van der Waals surface area contributed by atoms with E-state index in [1.165, 1.54) is 11.1 Å². The zero-order chi connectivity index (χ0) is 13.8. The molecule has 0 aliphatic heterocycles. The highest BCUT2D eigenvalue weighted by Crippen LogP contribution is 2.24. The number of aryl methyl sites for hydroxylation is 1. The van der Waals surface area contributed by atoms with Gasteiger partial charge in [0.2, 0.25) is 0 Å². The van der Waals surface area contributed by atoms with E-state index in [9.17, 15) is 0 Å². The number of nitrogens with one attached hydrogen (secondary N) is 1. The van der Waals surface area contributed by atoms with Crippen LogP contribution in [-0.2, 0) is 0 Å². The smallest absolute Gasteiger partial charge is 0.0387 e. The summed E-state index contributed by atoms with van der Waals surface area (Å²) in [5.41, 5.74) is 5.86. The van der Waals surface area contributed by atoms with Crippen molar-refractivity contribution in [3.05, 3.63) is 71.8 Å². The summed E-state index contributed by atoms with van der Waals surface area (Å²) >= 11 is 0. The van der Waals surface area contributed by atoms with E-state index in [-0.39, 0.29) is 0 Å². The summed E-state index contributed by atoms with van der Waals surface area (Å²) in [6.45, 7) is 10.7. The van der Waals surface area contributed by atoms with Crippen LogP contribution in [0.5, 0.6) is 0 Å². The van der Waals surface area contributed by atoms with Crippen LogP contribution < -0.4 is 5.32 Å². The van der Waals surface area contributed by atoms with Crippen LogP contribution in [0.2, 0.25) is 0 Å². The topological polar surface area (TPSA) is 12.0 Å². The average molecular weight is 251 g/mol. The molecule has 1 nitrogen and oxygen atoms in total. The molecule has 2 aromatic carbocycles. The van der Waals surface area contributed by atoms with Gasteiger partial charge >= 0.3 is 0 Å². The van der Waals surface area contributed by atoms with E-state index in [4.69, 9.17) is 0 Å². The Balaban J connectivity index is 2.16. The van der Waals surface area contributed by atoms with Crippen molar-refractivity contribution in [3.8, 4) is 0 Å². The molecule has 2 aromatic rings. The predicted molar refractivity (Wildman–Crippen MR) is 84.4 cm³/mol. The first kappa shape index (κ1) is 13.4. The second kappa shape index (κ2) is 5.75. The van der Waals surface area contributed by atoms with Crippen molar-refractivity contribution in [2.45, 2.75) is 26.7 Å². The molecule has 1 N–H and O–H groups in total. The van der Waals surface area contributed by atoms with Gasteiger partial charge in [-0.1, -0.05) is 56.8 Å². The lowest BCUT2D eigenvalue weighted by atomic mass is 9.97. The standard InChI is InChI=1S/C18H21N/c1-13(2)18-11-10-17(12-14(18)3)19-15(4)16-8-6-5-7-9-16/h5-13,19H,4H2,1-3H3. The highest BCUT2D eigenvalue weighted by Gasteiger charge is 2.05. The van der Waals surface area contributed by atoms with Crippen molar-refractivity contribution in [3.63, 3.8) is 0 Å². The fourth-order valence-corrected chi connectivity index (χ4v) is 2.29. The number of hydrogen-bond donors (Lipinski definition) is 1. The molecule has 2 rings (SSSR count). The molecule has 0 atom stereocenters. The quantitative estimate of drug-likeness (QED) is 0.787. The van der Waals surface area contributed by atoms with Gasteiger partial charge in [0.1, 0.15) is 0 Å². The Morgan fingerprint density at radius 2 is 1.74 bits per heavy atom. The molecule has 0 saturated carbocycles. The minimum absolute atomic E-state index is 0.561. The molecule has 0 amide bonds. The molecule has 0 saturated heterocycles. The highest BCUT2D eigenvalue weighted by atomic mass is 14.9. The van der Waals surface area contributed by atoms with Crippen LogP contribution in [0.25, 0.3) is 5.70 Å². The third-order valence-corrected chi connectivity index (χ3v) is 3.31. The lowest BCUT2D eigenvalue weighted by molar-refractivity contribution is 0.857. The van der Waals surface area contributed by atoms with Crippen molar-refractivity contribution in [1.29, 1.82) is 0 Å². The third kappa shape index (κ3) is 3.25. The summed E-state index contributed by atoms with van der Waals surface area (Å²) in [4.78, 5) is 0. The summed E-state index contributed by atoms with van der Waals surface area (Å²) in [6, 6.07) is 16.7. The van der Waals surface area contributed by atoms with Crippen LogP contribution in [0.4, 0.5) is 5.69 Å². The Hall–Kier alpha value is -2.02.